The Hall–Kier alpha value is -2.24. The number of nitrogens with zero attached hydrogens (tertiary/aromatic N) is 2. The van der Waals surface area contributed by atoms with E-state index in [1.807, 2.05) is 13.8 Å². The van der Waals surface area contributed by atoms with Gasteiger partial charge in [0.05, 0.1) is 0 Å². The summed E-state index contributed by atoms with van der Waals surface area (Å²) in [4.78, 5) is 16.0. The second-order valence-electron chi connectivity index (χ2n) is 5.43. The molecule has 5 nitrogen and oxygen atoms in total. The average molecular weight is 305 g/mol. The van der Waals surface area contributed by atoms with E-state index < -0.39 is 0 Å². The molecule has 0 saturated carbocycles. The minimum Gasteiger partial charge on any atom is -0.356 e. The number of carbonyl (C=O) groups excluding carboxylic acids is 1. The number of rotatable bonds is 7. The van der Waals surface area contributed by atoms with E-state index in [9.17, 15) is 9.18 Å². The fourth-order valence-corrected chi connectivity index (χ4v) is 1.91. The summed E-state index contributed by atoms with van der Waals surface area (Å²) in [6.07, 6.45) is 1.47. The monoisotopic (exact) mass is 305 g/mol. The average Bonchev–Trinajstić information content (AvgIpc) is 2.96. The van der Waals surface area contributed by atoms with Gasteiger partial charge in [0.2, 0.25) is 11.8 Å². The van der Waals surface area contributed by atoms with Gasteiger partial charge in [-0.25, -0.2) is 4.39 Å². The molecular weight excluding hydrogens is 285 g/mol. The van der Waals surface area contributed by atoms with Crippen molar-refractivity contribution in [3.63, 3.8) is 0 Å². The Morgan fingerprint density at radius 1 is 1.27 bits per heavy atom. The van der Waals surface area contributed by atoms with E-state index in [2.05, 4.69) is 15.5 Å². The number of nitrogens with one attached hydrogen (secondary N) is 1. The van der Waals surface area contributed by atoms with Crippen molar-refractivity contribution >= 4 is 5.91 Å². The molecule has 0 unspecified atom stereocenters. The molecule has 118 valence electrons. The van der Waals surface area contributed by atoms with Crippen molar-refractivity contribution in [1.29, 1.82) is 0 Å². The van der Waals surface area contributed by atoms with Gasteiger partial charge in [0, 0.05) is 25.3 Å². The third-order valence-corrected chi connectivity index (χ3v) is 3.22. The second-order valence-corrected chi connectivity index (χ2v) is 5.43. The van der Waals surface area contributed by atoms with E-state index in [1.54, 1.807) is 12.1 Å². The Morgan fingerprint density at radius 3 is 2.64 bits per heavy atom. The quantitative estimate of drug-likeness (QED) is 0.854. The van der Waals surface area contributed by atoms with Crippen LogP contribution in [0.1, 0.15) is 43.5 Å². The van der Waals surface area contributed by atoms with Gasteiger partial charge in [-0.15, -0.1) is 0 Å². The molecule has 0 spiro atoms. The molecule has 22 heavy (non-hydrogen) atoms. The fourth-order valence-electron chi connectivity index (χ4n) is 1.91. The zero-order chi connectivity index (χ0) is 15.9. The van der Waals surface area contributed by atoms with Crippen LogP contribution < -0.4 is 5.32 Å². The van der Waals surface area contributed by atoms with Crippen LogP contribution in [0.3, 0.4) is 0 Å². The Morgan fingerprint density at radius 2 is 2.00 bits per heavy atom. The van der Waals surface area contributed by atoms with Gasteiger partial charge in [-0.2, -0.15) is 4.98 Å². The molecule has 0 bridgehead atoms. The zero-order valence-electron chi connectivity index (χ0n) is 12.8. The summed E-state index contributed by atoms with van der Waals surface area (Å²) in [7, 11) is 0. The summed E-state index contributed by atoms with van der Waals surface area (Å²) in [5.74, 6) is 1.12. The van der Waals surface area contributed by atoms with Crippen molar-refractivity contribution in [2.45, 2.75) is 39.0 Å². The highest BCUT2D eigenvalue weighted by atomic mass is 19.1. The Balaban J connectivity index is 1.68. The number of hydrogen-bond acceptors (Lipinski definition) is 4. The van der Waals surface area contributed by atoms with Gasteiger partial charge in [0.15, 0.2) is 5.82 Å². The van der Waals surface area contributed by atoms with E-state index in [0.29, 0.717) is 37.5 Å². The summed E-state index contributed by atoms with van der Waals surface area (Å²) in [5.41, 5.74) is 0.940. The van der Waals surface area contributed by atoms with Crippen LogP contribution in [0.2, 0.25) is 0 Å². The van der Waals surface area contributed by atoms with Gasteiger partial charge in [0.1, 0.15) is 5.82 Å². The summed E-state index contributed by atoms with van der Waals surface area (Å²) in [6.45, 7) is 4.44. The minimum atomic E-state index is -0.270. The number of carbonyl (C=O) groups is 1. The first-order valence-corrected chi connectivity index (χ1v) is 7.38. The smallest absolute Gasteiger partial charge is 0.228 e. The van der Waals surface area contributed by atoms with Gasteiger partial charge >= 0.3 is 0 Å². The standard InChI is InChI=1S/C16H20FN3O2/c1-11(2)16-19-15(22-20-16)9-10-18-14(21)8-5-12-3-6-13(17)7-4-12/h3-4,6-7,11H,5,8-10H2,1-2H3,(H,18,21). The molecule has 1 amide bonds. The van der Waals surface area contributed by atoms with Crippen LogP contribution in [-0.4, -0.2) is 22.6 Å². The van der Waals surface area contributed by atoms with Crippen LogP contribution in [-0.2, 0) is 17.6 Å². The van der Waals surface area contributed by atoms with Gasteiger partial charge < -0.3 is 9.84 Å². The topological polar surface area (TPSA) is 68.0 Å². The van der Waals surface area contributed by atoms with E-state index in [4.69, 9.17) is 4.52 Å². The van der Waals surface area contributed by atoms with E-state index in [-0.39, 0.29) is 17.6 Å². The first kappa shape index (κ1) is 16.1. The highest BCUT2D eigenvalue weighted by molar-refractivity contribution is 5.76. The third kappa shape index (κ3) is 4.95. The van der Waals surface area contributed by atoms with Crippen molar-refractivity contribution in [3.05, 3.63) is 47.4 Å². The first-order valence-electron chi connectivity index (χ1n) is 7.38. The number of hydrogen-bond donors (Lipinski definition) is 1. The highest BCUT2D eigenvalue weighted by Crippen LogP contribution is 2.09. The van der Waals surface area contributed by atoms with Gasteiger partial charge in [0.25, 0.3) is 0 Å². The normalized spacial score (nSPS) is 10.9. The fraction of sp³-hybridized carbons (Fsp3) is 0.438. The van der Waals surface area contributed by atoms with Crippen molar-refractivity contribution < 1.29 is 13.7 Å². The van der Waals surface area contributed by atoms with E-state index in [0.717, 1.165) is 5.56 Å². The molecule has 2 rings (SSSR count). The van der Waals surface area contributed by atoms with Crippen LogP contribution in [0.25, 0.3) is 0 Å². The number of amides is 1. The molecule has 1 aromatic heterocycles. The molecule has 0 aliphatic carbocycles. The third-order valence-electron chi connectivity index (χ3n) is 3.22. The van der Waals surface area contributed by atoms with Crippen LogP contribution in [0.4, 0.5) is 4.39 Å². The van der Waals surface area contributed by atoms with Crippen molar-refractivity contribution in [3.8, 4) is 0 Å². The van der Waals surface area contributed by atoms with Gasteiger partial charge in [-0.05, 0) is 24.1 Å². The Labute approximate surface area is 128 Å². The first-order chi connectivity index (χ1) is 10.5. The molecule has 1 aromatic carbocycles. The summed E-state index contributed by atoms with van der Waals surface area (Å²) in [5, 5.41) is 6.68. The lowest BCUT2D eigenvalue weighted by Crippen LogP contribution is -2.25. The lowest BCUT2D eigenvalue weighted by atomic mass is 10.1. The molecule has 2 aromatic rings. The second kappa shape index (κ2) is 7.68. The number of benzene rings is 1. The zero-order valence-corrected chi connectivity index (χ0v) is 12.8. The maximum absolute atomic E-state index is 12.8. The maximum Gasteiger partial charge on any atom is 0.228 e. The Kier molecular flexibility index (Phi) is 5.63. The Bertz CT molecular complexity index is 608. The van der Waals surface area contributed by atoms with Gasteiger partial charge in [-0.3, -0.25) is 4.79 Å². The number of aromatic nitrogens is 2. The molecule has 0 saturated heterocycles. The molecule has 0 aliphatic heterocycles. The summed E-state index contributed by atoms with van der Waals surface area (Å²) < 4.78 is 17.9. The largest absolute Gasteiger partial charge is 0.356 e. The summed E-state index contributed by atoms with van der Waals surface area (Å²) in [6, 6.07) is 6.17. The molecule has 1 N–H and O–H groups in total. The van der Waals surface area contributed by atoms with E-state index in [1.165, 1.54) is 12.1 Å². The van der Waals surface area contributed by atoms with Crippen LogP contribution in [0.5, 0.6) is 0 Å². The molecule has 0 radical (unpaired) electrons. The van der Waals surface area contributed by atoms with Crippen LogP contribution in [0.15, 0.2) is 28.8 Å². The van der Waals surface area contributed by atoms with Crippen LogP contribution >= 0.6 is 0 Å². The maximum atomic E-state index is 12.8. The number of halogens is 1. The molecule has 0 atom stereocenters. The predicted octanol–water partition coefficient (Wildman–Crippen LogP) is 2.62. The molecule has 6 heteroatoms. The van der Waals surface area contributed by atoms with E-state index >= 15 is 0 Å². The molecule has 0 aliphatic rings. The molecular formula is C16H20FN3O2. The molecule has 1 heterocycles. The van der Waals surface area contributed by atoms with Gasteiger partial charge in [-0.1, -0.05) is 31.1 Å². The summed E-state index contributed by atoms with van der Waals surface area (Å²) >= 11 is 0. The lowest BCUT2D eigenvalue weighted by molar-refractivity contribution is -0.121. The molecule has 0 fully saturated rings. The lowest BCUT2D eigenvalue weighted by Gasteiger charge is -2.04. The minimum absolute atomic E-state index is 0.0482. The van der Waals surface area contributed by atoms with Crippen LogP contribution in [0, 0.1) is 5.82 Å². The highest BCUT2D eigenvalue weighted by Gasteiger charge is 2.09. The SMILES string of the molecule is CC(C)c1noc(CCNC(=O)CCc2ccc(F)cc2)n1. The van der Waals surface area contributed by atoms with Crippen molar-refractivity contribution in [2.75, 3.05) is 6.54 Å². The van der Waals surface area contributed by atoms with Crippen molar-refractivity contribution in [1.82, 2.24) is 15.5 Å². The number of aryl methyl sites for hydroxylation is 1. The van der Waals surface area contributed by atoms with Crippen molar-refractivity contribution in [2.24, 2.45) is 0 Å². The predicted molar refractivity (Wildman–Crippen MR) is 79.8 cm³/mol.